The molecule has 1 N–H and O–H groups in total. The number of benzene rings is 1. The van der Waals surface area contributed by atoms with Gasteiger partial charge in [-0.25, -0.2) is 9.18 Å². The van der Waals surface area contributed by atoms with E-state index in [4.69, 9.17) is 5.11 Å². The summed E-state index contributed by atoms with van der Waals surface area (Å²) in [5.74, 6) is -0.975. The number of aromatic nitrogens is 1. The van der Waals surface area contributed by atoms with E-state index in [-0.39, 0.29) is 5.56 Å². The molecule has 17 heavy (non-hydrogen) atoms. The van der Waals surface area contributed by atoms with Gasteiger partial charge in [0, 0.05) is 18.0 Å². The summed E-state index contributed by atoms with van der Waals surface area (Å²) in [6.07, 6.45) is 0. The second-order valence-corrected chi connectivity index (χ2v) is 4.64. The highest BCUT2D eigenvalue weighted by Crippen LogP contribution is 2.30. The van der Waals surface area contributed by atoms with Crippen LogP contribution in [0.5, 0.6) is 0 Å². The van der Waals surface area contributed by atoms with Crippen LogP contribution in [0.3, 0.4) is 0 Å². The van der Waals surface area contributed by atoms with Crippen LogP contribution in [0.25, 0.3) is 10.9 Å². The van der Waals surface area contributed by atoms with Crippen molar-refractivity contribution in [1.29, 1.82) is 0 Å². The SMILES string of the molecule is Cn1c(C(C)(C)F)cc2cc(C(=O)O)ccc21. The standard InChI is InChI=1S/C13H14FNO2/c1-13(2,14)11-7-9-6-8(12(16)17)4-5-10(9)15(11)3/h4-7H,1-3H3,(H,16,17). The minimum atomic E-state index is -1.45. The van der Waals surface area contributed by atoms with E-state index in [1.54, 1.807) is 29.8 Å². The smallest absolute Gasteiger partial charge is 0.335 e. The highest BCUT2D eigenvalue weighted by atomic mass is 19.1. The number of halogens is 1. The van der Waals surface area contributed by atoms with Crippen molar-refractivity contribution in [2.75, 3.05) is 0 Å². The average Bonchev–Trinajstić information content (AvgIpc) is 2.55. The number of fused-ring (bicyclic) bond motifs is 1. The van der Waals surface area contributed by atoms with Crippen LogP contribution < -0.4 is 0 Å². The van der Waals surface area contributed by atoms with E-state index in [1.807, 2.05) is 0 Å². The molecule has 2 aromatic rings. The van der Waals surface area contributed by atoms with Gasteiger partial charge in [-0.15, -0.1) is 0 Å². The quantitative estimate of drug-likeness (QED) is 0.869. The highest BCUT2D eigenvalue weighted by Gasteiger charge is 2.23. The van der Waals surface area contributed by atoms with Gasteiger partial charge in [-0.3, -0.25) is 0 Å². The zero-order valence-corrected chi connectivity index (χ0v) is 9.99. The van der Waals surface area contributed by atoms with Crippen LogP contribution in [0, 0.1) is 0 Å². The Kier molecular flexibility index (Phi) is 2.45. The zero-order chi connectivity index (χ0) is 12.8. The fraction of sp³-hybridized carbons (Fsp3) is 0.308. The van der Waals surface area contributed by atoms with Crippen LogP contribution in [-0.2, 0) is 12.7 Å². The lowest BCUT2D eigenvalue weighted by molar-refractivity contribution is 0.0697. The molecule has 4 heteroatoms. The second kappa shape index (κ2) is 3.58. The van der Waals surface area contributed by atoms with E-state index in [0.717, 1.165) is 10.9 Å². The van der Waals surface area contributed by atoms with Gasteiger partial charge in [0.2, 0.25) is 0 Å². The Labute approximate surface area is 98.5 Å². The van der Waals surface area contributed by atoms with Gasteiger partial charge in [-0.1, -0.05) is 0 Å². The predicted molar refractivity (Wildman–Crippen MR) is 64.0 cm³/mol. The number of carbonyl (C=O) groups is 1. The summed E-state index contributed by atoms with van der Waals surface area (Å²) in [6.45, 7) is 2.97. The highest BCUT2D eigenvalue weighted by molar-refractivity contribution is 5.94. The largest absolute Gasteiger partial charge is 0.478 e. The third-order valence-electron chi connectivity index (χ3n) is 2.90. The minimum Gasteiger partial charge on any atom is -0.478 e. The zero-order valence-electron chi connectivity index (χ0n) is 9.99. The number of aromatic carboxylic acids is 1. The van der Waals surface area contributed by atoms with Crippen LogP contribution in [0.4, 0.5) is 4.39 Å². The van der Waals surface area contributed by atoms with Crippen LogP contribution in [0.2, 0.25) is 0 Å². The monoisotopic (exact) mass is 235 g/mol. The Balaban J connectivity index is 2.70. The van der Waals surface area contributed by atoms with Crippen molar-refractivity contribution in [3.63, 3.8) is 0 Å². The second-order valence-electron chi connectivity index (χ2n) is 4.64. The van der Waals surface area contributed by atoms with Gasteiger partial charge in [-0.2, -0.15) is 0 Å². The van der Waals surface area contributed by atoms with E-state index in [9.17, 15) is 9.18 Å². The van der Waals surface area contributed by atoms with Gasteiger partial charge in [0.15, 0.2) is 0 Å². The van der Waals surface area contributed by atoms with Crippen molar-refractivity contribution < 1.29 is 14.3 Å². The topological polar surface area (TPSA) is 42.2 Å². The number of hydrogen-bond donors (Lipinski definition) is 1. The fourth-order valence-electron chi connectivity index (χ4n) is 2.05. The Morgan fingerprint density at radius 1 is 1.35 bits per heavy atom. The summed E-state index contributed by atoms with van der Waals surface area (Å²) in [7, 11) is 1.78. The molecule has 0 radical (unpaired) electrons. The van der Waals surface area contributed by atoms with Crippen LogP contribution >= 0.6 is 0 Å². The molecule has 0 aliphatic carbocycles. The van der Waals surface area contributed by atoms with Gasteiger partial charge in [0.05, 0.1) is 11.3 Å². The lowest BCUT2D eigenvalue weighted by atomic mass is 10.1. The lowest BCUT2D eigenvalue weighted by Crippen LogP contribution is -2.13. The van der Waals surface area contributed by atoms with Gasteiger partial charge in [-0.05, 0) is 38.1 Å². The van der Waals surface area contributed by atoms with Crippen molar-refractivity contribution >= 4 is 16.9 Å². The third-order valence-corrected chi connectivity index (χ3v) is 2.90. The molecule has 1 aromatic carbocycles. The number of nitrogens with zero attached hydrogens (tertiary/aromatic N) is 1. The number of rotatable bonds is 2. The van der Waals surface area contributed by atoms with E-state index in [1.165, 1.54) is 19.9 Å². The van der Waals surface area contributed by atoms with Crippen molar-refractivity contribution in [2.45, 2.75) is 19.5 Å². The van der Waals surface area contributed by atoms with E-state index < -0.39 is 11.6 Å². The van der Waals surface area contributed by atoms with Crippen LogP contribution in [-0.4, -0.2) is 15.6 Å². The number of carboxylic acids is 1. The molecule has 0 fully saturated rings. The Hall–Kier alpha value is -1.84. The molecule has 0 saturated heterocycles. The lowest BCUT2D eigenvalue weighted by Gasteiger charge is -2.15. The first-order chi connectivity index (χ1) is 7.80. The van der Waals surface area contributed by atoms with Crippen LogP contribution in [0.1, 0.15) is 29.9 Å². The summed E-state index contributed by atoms with van der Waals surface area (Å²) in [5, 5.41) is 9.64. The number of alkyl halides is 1. The molecule has 0 atom stereocenters. The number of aryl methyl sites for hydroxylation is 1. The summed E-state index contributed by atoms with van der Waals surface area (Å²) in [6, 6.07) is 6.49. The first-order valence-corrected chi connectivity index (χ1v) is 5.33. The molecule has 1 heterocycles. The Morgan fingerprint density at radius 2 is 2.00 bits per heavy atom. The Morgan fingerprint density at radius 3 is 2.53 bits per heavy atom. The summed E-state index contributed by atoms with van der Waals surface area (Å²) in [5.41, 5.74) is 0.133. The van der Waals surface area contributed by atoms with Gasteiger partial charge >= 0.3 is 5.97 Å². The summed E-state index contributed by atoms with van der Waals surface area (Å²) < 4.78 is 15.7. The molecule has 0 unspecified atom stereocenters. The molecule has 0 amide bonds. The van der Waals surface area contributed by atoms with E-state index >= 15 is 0 Å². The molecule has 0 bridgehead atoms. The first kappa shape index (κ1) is 11.6. The molecule has 1 aromatic heterocycles. The number of carboxylic acid groups (broad SMARTS) is 1. The molecule has 0 aliphatic rings. The average molecular weight is 235 g/mol. The number of hydrogen-bond acceptors (Lipinski definition) is 1. The van der Waals surface area contributed by atoms with Crippen molar-refractivity contribution in [2.24, 2.45) is 7.05 Å². The summed E-state index contributed by atoms with van der Waals surface area (Å²) in [4.78, 5) is 10.9. The summed E-state index contributed by atoms with van der Waals surface area (Å²) >= 11 is 0. The minimum absolute atomic E-state index is 0.214. The van der Waals surface area contributed by atoms with E-state index in [0.29, 0.717) is 5.69 Å². The molecule has 2 rings (SSSR count). The maximum absolute atomic E-state index is 13.9. The van der Waals surface area contributed by atoms with Crippen LogP contribution in [0.15, 0.2) is 24.3 Å². The third kappa shape index (κ3) is 1.90. The van der Waals surface area contributed by atoms with Crippen molar-refractivity contribution in [3.05, 3.63) is 35.5 Å². The maximum Gasteiger partial charge on any atom is 0.335 e. The Bertz CT molecular complexity index is 593. The van der Waals surface area contributed by atoms with Gasteiger partial charge < -0.3 is 9.67 Å². The molecule has 90 valence electrons. The van der Waals surface area contributed by atoms with E-state index in [2.05, 4.69) is 0 Å². The molecule has 0 aliphatic heterocycles. The van der Waals surface area contributed by atoms with Gasteiger partial charge in [0.25, 0.3) is 0 Å². The first-order valence-electron chi connectivity index (χ1n) is 5.33. The fourth-order valence-corrected chi connectivity index (χ4v) is 2.05. The molecule has 0 spiro atoms. The molecule has 3 nitrogen and oxygen atoms in total. The normalized spacial score (nSPS) is 12.0. The predicted octanol–water partition coefficient (Wildman–Crippen LogP) is 3.08. The van der Waals surface area contributed by atoms with Crippen molar-refractivity contribution in [1.82, 2.24) is 4.57 Å². The maximum atomic E-state index is 13.9. The molecular formula is C13H14FNO2. The molecule has 0 saturated carbocycles. The van der Waals surface area contributed by atoms with Crippen molar-refractivity contribution in [3.8, 4) is 0 Å². The van der Waals surface area contributed by atoms with Gasteiger partial charge in [0.1, 0.15) is 5.67 Å². The molecular weight excluding hydrogens is 221 g/mol.